The molecule has 4 rings (SSSR count). The zero-order chi connectivity index (χ0) is 17.9. The summed E-state index contributed by atoms with van der Waals surface area (Å²) >= 11 is 0. The summed E-state index contributed by atoms with van der Waals surface area (Å²) in [6, 6.07) is 10.7. The minimum atomic E-state index is 0.123. The third-order valence-electron chi connectivity index (χ3n) is 6.20. The van der Waals surface area contributed by atoms with Crippen LogP contribution in [0.15, 0.2) is 30.3 Å². The Morgan fingerprint density at radius 2 is 2.00 bits per heavy atom. The van der Waals surface area contributed by atoms with Gasteiger partial charge in [0.05, 0.1) is 6.54 Å². The number of hydrogen-bond acceptors (Lipinski definition) is 3. The van der Waals surface area contributed by atoms with Crippen LogP contribution in [0, 0.1) is 11.8 Å². The number of rotatable bonds is 5. The summed E-state index contributed by atoms with van der Waals surface area (Å²) in [5, 5.41) is 3.06. The minimum absolute atomic E-state index is 0.123. The Morgan fingerprint density at radius 3 is 2.85 bits per heavy atom. The van der Waals surface area contributed by atoms with E-state index in [-0.39, 0.29) is 5.91 Å². The Labute approximate surface area is 155 Å². The molecule has 2 bridgehead atoms. The van der Waals surface area contributed by atoms with Gasteiger partial charge in [-0.05, 0) is 43.1 Å². The monoisotopic (exact) mass is 355 g/mol. The number of benzene rings is 1. The molecule has 0 spiro atoms. The second-order valence-electron chi connectivity index (χ2n) is 8.15. The third-order valence-corrected chi connectivity index (χ3v) is 6.20. The molecule has 0 saturated carbocycles. The van der Waals surface area contributed by atoms with Crippen LogP contribution in [0.2, 0.25) is 0 Å². The Bertz CT molecular complexity index is 648. The fourth-order valence-electron chi connectivity index (χ4n) is 5.09. The Morgan fingerprint density at radius 1 is 1.15 bits per heavy atom. The number of likely N-dealkylation sites (tertiary alicyclic amines) is 1. The average molecular weight is 355 g/mol. The van der Waals surface area contributed by atoms with Crippen LogP contribution >= 0.6 is 0 Å². The van der Waals surface area contributed by atoms with Crippen molar-refractivity contribution in [1.29, 1.82) is 0 Å². The van der Waals surface area contributed by atoms with Crippen LogP contribution in [0.4, 0.5) is 0 Å². The largest absolute Gasteiger partial charge is 0.355 e. The van der Waals surface area contributed by atoms with E-state index < -0.39 is 0 Å². The normalized spacial score (nSPS) is 28.5. The van der Waals surface area contributed by atoms with Crippen molar-refractivity contribution in [2.75, 3.05) is 32.7 Å². The van der Waals surface area contributed by atoms with Crippen molar-refractivity contribution in [3.8, 4) is 0 Å². The van der Waals surface area contributed by atoms with E-state index in [0.717, 1.165) is 45.3 Å². The molecule has 3 atom stereocenters. The molecule has 2 unspecified atom stereocenters. The van der Waals surface area contributed by atoms with Crippen LogP contribution in [0.1, 0.15) is 31.2 Å². The standard InChI is InChI=1S/C21H29N3O2/c25-20(22-10-9-16-5-2-1-3-6-16)15-23-12-17-11-18(14-23)19-7-4-8-21(26)24(19)13-17/h1-3,5-6,17-19H,4,7-15H2,(H,22,25)/t17?,18?,19-/m1/s1. The van der Waals surface area contributed by atoms with Gasteiger partial charge in [0.1, 0.15) is 0 Å². The zero-order valence-electron chi connectivity index (χ0n) is 15.4. The van der Waals surface area contributed by atoms with Crippen LogP contribution in [0.25, 0.3) is 0 Å². The van der Waals surface area contributed by atoms with E-state index in [2.05, 4.69) is 27.2 Å². The van der Waals surface area contributed by atoms with Crippen molar-refractivity contribution in [1.82, 2.24) is 15.1 Å². The summed E-state index contributed by atoms with van der Waals surface area (Å²) in [5.41, 5.74) is 1.25. The van der Waals surface area contributed by atoms with Crippen LogP contribution in [-0.2, 0) is 16.0 Å². The van der Waals surface area contributed by atoms with E-state index >= 15 is 0 Å². The molecule has 5 heteroatoms. The maximum Gasteiger partial charge on any atom is 0.234 e. The molecule has 1 N–H and O–H groups in total. The lowest BCUT2D eigenvalue weighted by atomic mass is 9.76. The number of piperidine rings is 3. The first-order chi connectivity index (χ1) is 12.7. The number of hydrogen-bond donors (Lipinski definition) is 1. The van der Waals surface area contributed by atoms with Gasteiger partial charge in [-0.25, -0.2) is 0 Å². The molecular weight excluding hydrogens is 326 g/mol. The van der Waals surface area contributed by atoms with Crippen molar-refractivity contribution in [2.24, 2.45) is 11.8 Å². The molecule has 26 heavy (non-hydrogen) atoms. The Kier molecular flexibility index (Phi) is 5.25. The van der Waals surface area contributed by atoms with Crippen LogP contribution in [0.3, 0.4) is 0 Å². The maximum atomic E-state index is 12.3. The van der Waals surface area contributed by atoms with Crippen LogP contribution in [0.5, 0.6) is 0 Å². The number of fused-ring (bicyclic) bond motifs is 4. The summed E-state index contributed by atoms with van der Waals surface area (Å²) in [5.74, 6) is 1.55. The lowest BCUT2D eigenvalue weighted by Crippen LogP contribution is -2.61. The van der Waals surface area contributed by atoms with E-state index in [1.54, 1.807) is 0 Å². The molecule has 3 aliphatic rings. The van der Waals surface area contributed by atoms with E-state index in [1.165, 1.54) is 12.0 Å². The molecule has 2 amide bonds. The first kappa shape index (κ1) is 17.5. The maximum absolute atomic E-state index is 12.3. The van der Waals surface area contributed by atoms with Gasteiger partial charge in [0.15, 0.2) is 0 Å². The van der Waals surface area contributed by atoms with E-state index in [1.807, 2.05) is 18.2 Å². The SMILES string of the molecule is O=C(CN1CC2CC(C1)[C@H]1CCCC(=O)N1C2)NCCc1ccccc1. The fourth-order valence-corrected chi connectivity index (χ4v) is 5.09. The highest BCUT2D eigenvalue weighted by molar-refractivity contribution is 5.78. The summed E-state index contributed by atoms with van der Waals surface area (Å²) in [7, 11) is 0. The average Bonchev–Trinajstić information content (AvgIpc) is 2.63. The topological polar surface area (TPSA) is 52.7 Å². The van der Waals surface area contributed by atoms with Gasteiger partial charge in [-0.1, -0.05) is 30.3 Å². The van der Waals surface area contributed by atoms with Gasteiger partial charge in [0.25, 0.3) is 0 Å². The highest BCUT2D eigenvalue weighted by atomic mass is 16.2. The Balaban J connectivity index is 1.26. The zero-order valence-corrected chi connectivity index (χ0v) is 15.4. The fraction of sp³-hybridized carbons (Fsp3) is 0.619. The summed E-state index contributed by atoms with van der Waals surface area (Å²) in [4.78, 5) is 29.0. The van der Waals surface area contributed by atoms with Gasteiger partial charge in [0.2, 0.25) is 11.8 Å². The van der Waals surface area contributed by atoms with Gasteiger partial charge in [-0.15, -0.1) is 0 Å². The molecule has 3 aliphatic heterocycles. The lowest BCUT2D eigenvalue weighted by molar-refractivity contribution is -0.145. The molecule has 0 radical (unpaired) electrons. The van der Waals surface area contributed by atoms with Crippen molar-refractivity contribution >= 4 is 11.8 Å². The number of amides is 2. The number of carbonyl (C=O) groups excluding carboxylic acids is 2. The van der Waals surface area contributed by atoms with Gasteiger partial charge >= 0.3 is 0 Å². The Hall–Kier alpha value is -1.88. The molecule has 1 aromatic rings. The highest BCUT2D eigenvalue weighted by Gasteiger charge is 2.43. The first-order valence-electron chi connectivity index (χ1n) is 10.0. The summed E-state index contributed by atoms with van der Waals surface area (Å²) in [6.07, 6.45) is 4.99. The van der Waals surface area contributed by atoms with Crippen molar-refractivity contribution in [3.05, 3.63) is 35.9 Å². The smallest absolute Gasteiger partial charge is 0.234 e. The second-order valence-corrected chi connectivity index (χ2v) is 8.15. The summed E-state index contributed by atoms with van der Waals surface area (Å²) < 4.78 is 0. The third kappa shape index (κ3) is 3.93. The molecule has 1 aromatic carbocycles. The van der Waals surface area contributed by atoms with Crippen molar-refractivity contribution in [3.63, 3.8) is 0 Å². The predicted octanol–water partition coefficient (Wildman–Crippen LogP) is 1.68. The molecule has 0 aliphatic carbocycles. The lowest BCUT2D eigenvalue weighted by Gasteiger charge is -2.52. The molecule has 3 fully saturated rings. The molecule has 3 saturated heterocycles. The predicted molar refractivity (Wildman–Crippen MR) is 101 cm³/mol. The van der Waals surface area contributed by atoms with Crippen LogP contribution in [-0.4, -0.2) is 60.4 Å². The highest BCUT2D eigenvalue weighted by Crippen LogP contribution is 2.37. The molecular formula is C21H29N3O2. The van der Waals surface area contributed by atoms with Gasteiger partial charge < -0.3 is 10.2 Å². The van der Waals surface area contributed by atoms with Crippen LogP contribution < -0.4 is 5.32 Å². The van der Waals surface area contributed by atoms with E-state index in [4.69, 9.17) is 0 Å². The van der Waals surface area contributed by atoms with Gasteiger partial charge in [0, 0.05) is 38.6 Å². The molecule has 5 nitrogen and oxygen atoms in total. The molecule has 140 valence electrons. The molecule has 0 aromatic heterocycles. The number of nitrogens with zero attached hydrogens (tertiary/aromatic N) is 2. The van der Waals surface area contributed by atoms with Crippen molar-refractivity contribution in [2.45, 2.75) is 38.1 Å². The number of nitrogens with one attached hydrogen (secondary N) is 1. The summed E-state index contributed by atoms with van der Waals surface area (Å²) in [6.45, 7) is 3.97. The van der Waals surface area contributed by atoms with Gasteiger partial charge in [-0.2, -0.15) is 0 Å². The van der Waals surface area contributed by atoms with Crippen molar-refractivity contribution < 1.29 is 9.59 Å². The first-order valence-corrected chi connectivity index (χ1v) is 10.0. The minimum Gasteiger partial charge on any atom is -0.355 e. The second kappa shape index (κ2) is 7.78. The molecule has 3 heterocycles. The quantitative estimate of drug-likeness (QED) is 0.874. The van der Waals surface area contributed by atoms with E-state index in [0.29, 0.717) is 36.9 Å². The van der Waals surface area contributed by atoms with E-state index in [9.17, 15) is 9.59 Å². The number of carbonyl (C=O) groups is 2. The van der Waals surface area contributed by atoms with Gasteiger partial charge in [-0.3, -0.25) is 14.5 Å².